The normalized spacial score (nSPS) is 14.7. The lowest BCUT2D eigenvalue weighted by atomic mass is 10.1. The van der Waals surface area contributed by atoms with Gasteiger partial charge in [0.1, 0.15) is 27.5 Å². The Bertz CT molecular complexity index is 2160. The second kappa shape index (κ2) is 14.2. The van der Waals surface area contributed by atoms with E-state index >= 15 is 0 Å². The summed E-state index contributed by atoms with van der Waals surface area (Å²) in [6.45, 7) is 3.04. The quantitative estimate of drug-likeness (QED) is 0.156. The first-order valence-corrected chi connectivity index (χ1v) is 17.4. The molecule has 2 aromatic heterocycles. The van der Waals surface area contributed by atoms with E-state index in [-0.39, 0.29) is 29.3 Å². The molecule has 6 rings (SSSR count). The van der Waals surface area contributed by atoms with Gasteiger partial charge in [-0.05, 0) is 61.7 Å². The van der Waals surface area contributed by atoms with Crippen LogP contribution in [0.2, 0.25) is 0 Å². The molecule has 0 saturated carbocycles. The van der Waals surface area contributed by atoms with Gasteiger partial charge in [0.2, 0.25) is 5.91 Å². The van der Waals surface area contributed by atoms with Gasteiger partial charge >= 0.3 is 0 Å². The Balaban J connectivity index is 1.22. The van der Waals surface area contributed by atoms with Crippen LogP contribution < -0.4 is 20.7 Å². The molecular formula is C35H34FN7O4S. The van der Waals surface area contributed by atoms with Gasteiger partial charge < -0.3 is 20.7 Å². The zero-order valence-corrected chi connectivity index (χ0v) is 27.1. The molecule has 1 aliphatic heterocycles. The fourth-order valence-corrected chi connectivity index (χ4v) is 7.22. The number of halogens is 1. The zero-order valence-electron chi connectivity index (χ0n) is 26.2. The van der Waals surface area contributed by atoms with Crippen molar-refractivity contribution >= 4 is 54.6 Å². The Morgan fingerprint density at radius 2 is 1.98 bits per heavy atom. The van der Waals surface area contributed by atoms with Crippen LogP contribution in [0, 0.1) is 17.1 Å². The van der Waals surface area contributed by atoms with E-state index in [2.05, 4.69) is 32.1 Å². The minimum absolute atomic E-state index is 0.0937. The number of nitrogens with one attached hydrogen (secondary N) is 3. The fourth-order valence-electron chi connectivity index (χ4n) is 5.72. The van der Waals surface area contributed by atoms with Crippen LogP contribution in [0.15, 0.2) is 79.1 Å². The molecule has 1 fully saturated rings. The molecule has 3 heterocycles. The van der Waals surface area contributed by atoms with Gasteiger partial charge in [0.15, 0.2) is 0 Å². The number of fused-ring (bicyclic) bond motifs is 2. The van der Waals surface area contributed by atoms with Crippen LogP contribution in [0.25, 0.3) is 21.8 Å². The molecule has 11 nitrogen and oxygen atoms in total. The SMILES string of the molecule is CCOc1cc2ncc(C#N)c(Nc3ccc4c(cnn4Cc4cccc(F)c4)c3)c2cc1NC(=O)/C=C/CNC1CCS(=O)(=O)CC1. The highest BCUT2D eigenvalue weighted by Gasteiger charge is 2.22. The first kappa shape index (κ1) is 32.6. The summed E-state index contributed by atoms with van der Waals surface area (Å²) in [7, 11) is -2.94. The van der Waals surface area contributed by atoms with Crippen molar-refractivity contribution in [3.05, 3.63) is 96.1 Å². The first-order chi connectivity index (χ1) is 23.2. The van der Waals surface area contributed by atoms with E-state index < -0.39 is 9.84 Å². The molecule has 0 bridgehead atoms. The maximum atomic E-state index is 13.7. The van der Waals surface area contributed by atoms with Crippen LogP contribution in [0.4, 0.5) is 21.5 Å². The molecule has 246 valence electrons. The van der Waals surface area contributed by atoms with Gasteiger partial charge in [-0.1, -0.05) is 18.2 Å². The van der Waals surface area contributed by atoms with Gasteiger partial charge in [-0.25, -0.2) is 12.8 Å². The molecule has 48 heavy (non-hydrogen) atoms. The van der Waals surface area contributed by atoms with Gasteiger partial charge in [-0.2, -0.15) is 10.4 Å². The van der Waals surface area contributed by atoms with Crippen molar-refractivity contribution in [3.8, 4) is 11.8 Å². The number of sulfone groups is 1. The second-order valence-electron chi connectivity index (χ2n) is 11.5. The molecule has 0 aliphatic carbocycles. The number of pyridine rings is 1. The van der Waals surface area contributed by atoms with Crippen LogP contribution in [-0.4, -0.2) is 59.8 Å². The molecule has 0 atom stereocenters. The van der Waals surface area contributed by atoms with Crippen molar-refractivity contribution in [2.24, 2.45) is 0 Å². The number of carbonyl (C=O) groups excluding carboxylic acids is 1. The van der Waals surface area contributed by atoms with E-state index in [4.69, 9.17) is 4.74 Å². The number of carbonyl (C=O) groups is 1. The molecule has 3 N–H and O–H groups in total. The standard InChI is InChI=1S/C35H34FN7O4S/c1-2-47-33-18-30-29(17-31(33)42-34(44)7-4-12-38-27-10-13-48(45,46)14-11-27)35(25(19-37)20-39-30)41-28-8-9-32-24(16-28)21-40-43(32)22-23-5-3-6-26(36)15-23/h3-9,15-18,20-21,27,38H,2,10-14,22H2,1H3,(H,39,41)(H,42,44)/b7-4+. The summed E-state index contributed by atoms with van der Waals surface area (Å²) in [5.41, 5.74) is 4.18. The van der Waals surface area contributed by atoms with E-state index in [1.807, 2.05) is 31.2 Å². The van der Waals surface area contributed by atoms with Crippen LogP contribution in [0.3, 0.4) is 0 Å². The molecule has 1 aliphatic rings. The van der Waals surface area contributed by atoms with Crippen molar-refractivity contribution < 1.29 is 22.3 Å². The van der Waals surface area contributed by atoms with Crippen molar-refractivity contribution in [3.63, 3.8) is 0 Å². The monoisotopic (exact) mass is 667 g/mol. The van der Waals surface area contributed by atoms with Crippen molar-refractivity contribution in [2.45, 2.75) is 32.4 Å². The average Bonchev–Trinajstić information content (AvgIpc) is 3.46. The third-order valence-corrected chi connectivity index (χ3v) is 9.84. The predicted molar refractivity (Wildman–Crippen MR) is 184 cm³/mol. The van der Waals surface area contributed by atoms with Gasteiger partial charge in [0.05, 0.1) is 58.8 Å². The maximum absolute atomic E-state index is 13.7. The Labute approximate surface area is 277 Å². The number of ether oxygens (including phenoxy) is 1. The van der Waals surface area contributed by atoms with Crippen LogP contribution >= 0.6 is 0 Å². The maximum Gasteiger partial charge on any atom is 0.248 e. The average molecular weight is 668 g/mol. The molecule has 1 amide bonds. The minimum atomic E-state index is -2.94. The Kier molecular flexibility index (Phi) is 9.65. The molecule has 0 radical (unpaired) electrons. The first-order valence-electron chi connectivity index (χ1n) is 15.6. The second-order valence-corrected chi connectivity index (χ2v) is 13.8. The minimum Gasteiger partial charge on any atom is -0.492 e. The fraction of sp³-hybridized carbons (Fsp3) is 0.257. The molecular weight excluding hydrogens is 633 g/mol. The predicted octanol–water partition coefficient (Wildman–Crippen LogP) is 5.45. The number of hydrogen-bond acceptors (Lipinski definition) is 9. The highest BCUT2D eigenvalue weighted by atomic mass is 32.2. The Morgan fingerprint density at radius 1 is 1.15 bits per heavy atom. The highest BCUT2D eigenvalue weighted by molar-refractivity contribution is 7.91. The number of anilines is 3. The van der Waals surface area contributed by atoms with E-state index in [1.54, 1.807) is 35.2 Å². The molecule has 13 heteroatoms. The number of hydrogen-bond donors (Lipinski definition) is 3. The smallest absolute Gasteiger partial charge is 0.248 e. The lowest BCUT2D eigenvalue weighted by Crippen LogP contribution is -2.37. The zero-order chi connectivity index (χ0) is 33.7. The summed E-state index contributed by atoms with van der Waals surface area (Å²) in [6.07, 6.45) is 7.45. The summed E-state index contributed by atoms with van der Waals surface area (Å²) in [4.78, 5) is 17.4. The van der Waals surface area contributed by atoms with Crippen molar-refractivity contribution in [2.75, 3.05) is 35.3 Å². The third-order valence-electron chi connectivity index (χ3n) is 8.13. The van der Waals surface area contributed by atoms with Gasteiger partial charge in [-0.3, -0.25) is 14.5 Å². The van der Waals surface area contributed by atoms with Crippen molar-refractivity contribution in [1.29, 1.82) is 5.26 Å². The van der Waals surface area contributed by atoms with E-state index in [1.165, 1.54) is 24.4 Å². The lowest BCUT2D eigenvalue weighted by molar-refractivity contribution is -0.111. The molecule has 3 aromatic carbocycles. The summed E-state index contributed by atoms with van der Waals surface area (Å²) in [5, 5.41) is 25.5. The molecule has 0 unspecified atom stereocenters. The summed E-state index contributed by atoms with van der Waals surface area (Å²) in [6, 6.07) is 17.9. The van der Waals surface area contributed by atoms with E-state index in [9.17, 15) is 22.9 Å². The van der Waals surface area contributed by atoms with E-state index in [0.717, 1.165) is 16.5 Å². The largest absolute Gasteiger partial charge is 0.492 e. The summed E-state index contributed by atoms with van der Waals surface area (Å²) in [5.74, 6) is 0.110. The number of benzene rings is 3. The molecule has 1 saturated heterocycles. The number of rotatable bonds is 11. The van der Waals surface area contributed by atoms with E-state index in [0.29, 0.717) is 71.8 Å². The van der Waals surface area contributed by atoms with Crippen LogP contribution in [0.5, 0.6) is 5.75 Å². The van der Waals surface area contributed by atoms with Crippen LogP contribution in [-0.2, 0) is 21.2 Å². The van der Waals surface area contributed by atoms with Gasteiger partial charge in [0, 0.05) is 47.4 Å². The Morgan fingerprint density at radius 3 is 2.75 bits per heavy atom. The number of nitrogens with zero attached hydrogens (tertiary/aromatic N) is 4. The highest BCUT2D eigenvalue weighted by Crippen LogP contribution is 2.36. The summed E-state index contributed by atoms with van der Waals surface area (Å²) < 4.78 is 44.7. The van der Waals surface area contributed by atoms with Gasteiger partial charge in [0.25, 0.3) is 0 Å². The summed E-state index contributed by atoms with van der Waals surface area (Å²) >= 11 is 0. The number of nitriles is 1. The van der Waals surface area contributed by atoms with Crippen molar-refractivity contribution in [1.82, 2.24) is 20.1 Å². The number of amides is 1. The lowest BCUT2D eigenvalue weighted by Gasteiger charge is -2.22. The Hall–Kier alpha value is -5.32. The molecule has 5 aromatic rings. The van der Waals surface area contributed by atoms with Gasteiger partial charge in [-0.15, -0.1) is 0 Å². The third kappa shape index (κ3) is 7.62. The molecule has 0 spiro atoms. The van der Waals surface area contributed by atoms with Crippen LogP contribution in [0.1, 0.15) is 30.9 Å². The number of aromatic nitrogens is 3. The topological polar surface area (TPSA) is 151 Å².